The molecule has 0 amide bonds. The van der Waals surface area contributed by atoms with Crippen molar-refractivity contribution < 1.29 is 4.74 Å². The lowest BCUT2D eigenvalue weighted by Gasteiger charge is -2.25. The molecule has 0 aromatic heterocycles. The molecular weight excluding hydrogens is 293 g/mol. The van der Waals surface area contributed by atoms with Crippen LogP contribution >= 0.6 is 23.2 Å². The molecule has 1 aromatic carbocycles. The van der Waals surface area contributed by atoms with Gasteiger partial charge >= 0.3 is 0 Å². The fourth-order valence-corrected chi connectivity index (χ4v) is 2.47. The van der Waals surface area contributed by atoms with Crippen LogP contribution in [0, 0.1) is 5.41 Å². The highest BCUT2D eigenvalue weighted by Crippen LogP contribution is 2.29. The summed E-state index contributed by atoms with van der Waals surface area (Å²) in [6, 6.07) is 5.67. The Labute approximate surface area is 132 Å². The first kappa shape index (κ1) is 17.8. The maximum absolute atomic E-state index is 6.20. The number of aryl methyl sites for hydroxylation is 1. The molecule has 20 heavy (non-hydrogen) atoms. The molecule has 0 unspecified atom stereocenters. The number of rotatable bonds is 9. The van der Waals surface area contributed by atoms with E-state index in [9.17, 15) is 0 Å². The molecule has 0 heterocycles. The summed E-state index contributed by atoms with van der Waals surface area (Å²) in [5.41, 5.74) is 1.42. The van der Waals surface area contributed by atoms with E-state index in [0.717, 1.165) is 54.6 Å². The van der Waals surface area contributed by atoms with E-state index in [1.807, 2.05) is 18.2 Å². The largest absolute Gasteiger partial charge is 0.383 e. The molecule has 0 aliphatic rings. The zero-order valence-corrected chi connectivity index (χ0v) is 14.2. The van der Waals surface area contributed by atoms with Gasteiger partial charge in [-0.3, -0.25) is 0 Å². The molecule has 0 aliphatic carbocycles. The first-order valence-electron chi connectivity index (χ1n) is 7.08. The standard InChI is InChI=1S/C16H25Cl2NO/c1-16(2,8-9-19-10-11-20-3)7-6-13-12-14(17)4-5-15(13)18/h4-5,12,19H,6-11H2,1-3H3. The lowest BCUT2D eigenvalue weighted by atomic mass is 9.83. The van der Waals surface area contributed by atoms with Crippen molar-refractivity contribution >= 4 is 23.2 Å². The molecule has 1 aromatic rings. The van der Waals surface area contributed by atoms with E-state index < -0.39 is 0 Å². The average Bonchev–Trinajstić information content (AvgIpc) is 2.40. The van der Waals surface area contributed by atoms with E-state index >= 15 is 0 Å². The van der Waals surface area contributed by atoms with Crippen LogP contribution in [0.1, 0.15) is 32.3 Å². The molecule has 0 fully saturated rings. The highest BCUT2D eigenvalue weighted by atomic mass is 35.5. The smallest absolute Gasteiger partial charge is 0.0587 e. The van der Waals surface area contributed by atoms with Crippen LogP contribution in [0.4, 0.5) is 0 Å². The van der Waals surface area contributed by atoms with Gasteiger partial charge in [0.2, 0.25) is 0 Å². The van der Waals surface area contributed by atoms with E-state index in [1.54, 1.807) is 7.11 Å². The summed E-state index contributed by atoms with van der Waals surface area (Å²) < 4.78 is 5.01. The van der Waals surface area contributed by atoms with Crippen molar-refractivity contribution in [2.45, 2.75) is 33.1 Å². The van der Waals surface area contributed by atoms with Gasteiger partial charge in [-0.05, 0) is 55.0 Å². The van der Waals surface area contributed by atoms with Crippen molar-refractivity contribution in [2.24, 2.45) is 5.41 Å². The van der Waals surface area contributed by atoms with Crippen molar-refractivity contribution in [3.63, 3.8) is 0 Å². The quantitative estimate of drug-likeness (QED) is 0.673. The zero-order valence-electron chi connectivity index (χ0n) is 12.6. The van der Waals surface area contributed by atoms with Gasteiger partial charge in [-0.2, -0.15) is 0 Å². The summed E-state index contributed by atoms with van der Waals surface area (Å²) in [6.07, 6.45) is 3.19. The molecule has 0 bridgehead atoms. The van der Waals surface area contributed by atoms with Crippen LogP contribution in [-0.2, 0) is 11.2 Å². The fourth-order valence-electron chi connectivity index (χ4n) is 2.06. The van der Waals surface area contributed by atoms with Gasteiger partial charge in [-0.1, -0.05) is 37.0 Å². The molecule has 1 N–H and O–H groups in total. The Bertz CT molecular complexity index is 407. The summed E-state index contributed by atoms with van der Waals surface area (Å²) in [5.74, 6) is 0. The minimum atomic E-state index is 0.283. The van der Waals surface area contributed by atoms with Gasteiger partial charge in [0, 0.05) is 23.7 Å². The predicted molar refractivity (Wildman–Crippen MR) is 87.9 cm³/mol. The molecule has 0 aliphatic heterocycles. The molecule has 0 saturated carbocycles. The predicted octanol–water partition coefficient (Wildman–Crippen LogP) is 4.58. The van der Waals surface area contributed by atoms with Gasteiger partial charge in [0.25, 0.3) is 0 Å². The summed E-state index contributed by atoms with van der Waals surface area (Å²) in [4.78, 5) is 0. The van der Waals surface area contributed by atoms with Gasteiger partial charge in [0.15, 0.2) is 0 Å². The van der Waals surface area contributed by atoms with Crippen LogP contribution in [0.3, 0.4) is 0 Å². The van der Waals surface area contributed by atoms with Crippen LogP contribution in [0.5, 0.6) is 0 Å². The maximum Gasteiger partial charge on any atom is 0.0587 e. The summed E-state index contributed by atoms with van der Waals surface area (Å²) >= 11 is 12.2. The Balaban J connectivity index is 2.36. The summed E-state index contributed by atoms with van der Waals surface area (Å²) in [7, 11) is 1.72. The average molecular weight is 318 g/mol. The number of benzene rings is 1. The van der Waals surface area contributed by atoms with Gasteiger partial charge < -0.3 is 10.1 Å². The van der Waals surface area contributed by atoms with E-state index in [0.29, 0.717) is 0 Å². The SMILES string of the molecule is COCCNCCC(C)(C)CCc1cc(Cl)ccc1Cl. The number of ether oxygens (including phenoxy) is 1. The normalized spacial score (nSPS) is 11.8. The third-order valence-electron chi connectivity index (χ3n) is 3.54. The topological polar surface area (TPSA) is 21.3 Å². The Morgan fingerprint density at radius 2 is 1.90 bits per heavy atom. The van der Waals surface area contributed by atoms with Crippen molar-refractivity contribution in [2.75, 3.05) is 26.8 Å². The van der Waals surface area contributed by atoms with Crippen molar-refractivity contribution in [1.82, 2.24) is 5.32 Å². The number of nitrogens with one attached hydrogen (secondary N) is 1. The van der Waals surface area contributed by atoms with E-state index in [-0.39, 0.29) is 5.41 Å². The summed E-state index contributed by atoms with van der Waals surface area (Å²) in [5, 5.41) is 4.95. The minimum absolute atomic E-state index is 0.283. The third kappa shape index (κ3) is 6.94. The van der Waals surface area contributed by atoms with E-state index in [2.05, 4.69) is 19.2 Å². The molecule has 0 radical (unpaired) electrons. The van der Waals surface area contributed by atoms with E-state index in [1.165, 1.54) is 0 Å². The van der Waals surface area contributed by atoms with Crippen molar-refractivity contribution in [3.05, 3.63) is 33.8 Å². The van der Waals surface area contributed by atoms with Gasteiger partial charge in [-0.15, -0.1) is 0 Å². The first-order valence-corrected chi connectivity index (χ1v) is 7.84. The lowest BCUT2D eigenvalue weighted by molar-refractivity contribution is 0.197. The Morgan fingerprint density at radius 1 is 1.15 bits per heavy atom. The van der Waals surface area contributed by atoms with Crippen LogP contribution in [0.15, 0.2) is 18.2 Å². The molecule has 4 heteroatoms. The van der Waals surface area contributed by atoms with Gasteiger partial charge in [-0.25, -0.2) is 0 Å². The minimum Gasteiger partial charge on any atom is -0.383 e. The fraction of sp³-hybridized carbons (Fsp3) is 0.625. The monoisotopic (exact) mass is 317 g/mol. The van der Waals surface area contributed by atoms with Crippen LogP contribution in [0.25, 0.3) is 0 Å². The van der Waals surface area contributed by atoms with E-state index in [4.69, 9.17) is 27.9 Å². The molecular formula is C16H25Cl2NO. The summed E-state index contributed by atoms with van der Waals surface area (Å²) in [6.45, 7) is 7.28. The Kier molecular flexibility index (Phi) is 7.90. The second-order valence-corrected chi connectivity index (χ2v) is 6.74. The molecule has 0 saturated heterocycles. The number of hydrogen-bond acceptors (Lipinski definition) is 2. The second-order valence-electron chi connectivity index (χ2n) is 5.89. The van der Waals surface area contributed by atoms with Crippen LogP contribution in [-0.4, -0.2) is 26.8 Å². The molecule has 114 valence electrons. The van der Waals surface area contributed by atoms with Gasteiger partial charge in [0.05, 0.1) is 6.61 Å². The molecule has 0 spiro atoms. The van der Waals surface area contributed by atoms with Crippen molar-refractivity contribution in [3.8, 4) is 0 Å². The van der Waals surface area contributed by atoms with Crippen molar-refractivity contribution in [1.29, 1.82) is 0 Å². The van der Waals surface area contributed by atoms with Crippen LogP contribution in [0.2, 0.25) is 10.0 Å². The number of methoxy groups -OCH3 is 1. The Hall–Kier alpha value is -0.280. The third-order valence-corrected chi connectivity index (χ3v) is 4.14. The molecule has 1 rings (SSSR count). The first-order chi connectivity index (χ1) is 9.44. The molecule has 2 nitrogen and oxygen atoms in total. The zero-order chi connectivity index (χ0) is 15.0. The maximum atomic E-state index is 6.20. The van der Waals surface area contributed by atoms with Gasteiger partial charge in [0.1, 0.15) is 0 Å². The second kappa shape index (κ2) is 8.89. The highest BCUT2D eigenvalue weighted by molar-refractivity contribution is 6.33. The van der Waals surface area contributed by atoms with Crippen LogP contribution < -0.4 is 5.32 Å². The highest BCUT2D eigenvalue weighted by Gasteiger charge is 2.17. The molecule has 0 atom stereocenters. The number of hydrogen-bond donors (Lipinski definition) is 1. The lowest BCUT2D eigenvalue weighted by Crippen LogP contribution is -2.25. The Morgan fingerprint density at radius 3 is 2.60 bits per heavy atom. The number of halogens is 2.